The van der Waals surface area contributed by atoms with Gasteiger partial charge in [0.15, 0.2) is 0 Å². The van der Waals surface area contributed by atoms with Crippen LogP contribution in [0.15, 0.2) is 40.9 Å². The van der Waals surface area contributed by atoms with E-state index < -0.39 is 23.4 Å². The van der Waals surface area contributed by atoms with Crippen molar-refractivity contribution in [3.63, 3.8) is 0 Å². The van der Waals surface area contributed by atoms with Crippen molar-refractivity contribution in [3.05, 3.63) is 63.6 Å². The van der Waals surface area contributed by atoms with Crippen LogP contribution in [-0.2, 0) is 12.7 Å². The van der Waals surface area contributed by atoms with Crippen LogP contribution in [0.4, 0.5) is 27.6 Å². The first-order valence-corrected chi connectivity index (χ1v) is 6.61. The maximum atomic E-state index is 13.4. The normalized spacial score (nSPS) is 11.5. The number of hydrogen-bond donors (Lipinski definition) is 1. The summed E-state index contributed by atoms with van der Waals surface area (Å²) in [6.45, 7) is 0.0239. The summed E-state index contributed by atoms with van der Waals surface area (Å²) in [5, 5.41) is 2.79. The lowest BCUT2D eigenvalue weighted by molar-refractivity contribution is -0.137. The van der Waals surface area contributed by atoms with Gasteiger partial charge in [-0.15, -0.1) is 0 Å². The molecular formula is C14H9BrF5N. The summed E-state index contributed by atoms with van der Waals surface area (Å²) in [7, 11) is 0. The Bertz CT molecular complexity index is 654. The maximum absolute atomic E-state index is 13.4. The summed E-state index contributed by atoms with van der Waals surface area (Å²) >= 11 is 3.03. The monoisotopic (exact) mass is 365 g/mol. The molecule has 0 amide bonds. The summed E-state index contributed by atoms with van der Waals surface area (Å²) in [5.74, 6) is -1.41. The lowest BCUT2D eigenvalue weighted by Crippen LogP contribution is -2.07. The fourth-order valence-corrected chi connectivity index (χ4v) is 2.21. The van der Waals surface area contributed by atoms with Crippen LogP contribution in [0, 0.1) is 11.6 Å². The lowest BCUT2D eigenvalue weighted by Gasteiger charge is -2.12. The first-order chi connectivity index (χ1) is 9.77. The van der Waals surface area contributed by atoms with E-state index >= 15 is 0 Å². The zero-order chi connectivity index (χ0) is 15.6. The molecule has 2 aromatic carbocycles. The topological polar surface area (TPSA) is 12.0 Å². The average Bonchev–Trinajstić information content (AvgIpc) is 2.38. The summed E-state index contributed by atoms with van der Waals surface area (Å²) in [4.78, 5) is 0. The van der Waals surface area contributed by atoms with Crippen molar-refractivity contribution in [2.75, 3.05) is 5.32 Å². The maximum Gasteiger partial charge on any atom is 0.416 e. The number of nitrogens with one attached hydrogen (secondary N) is 1. The molecule has 1 N–H and O–H groups in total. The van der Waals surface area contributed by atoms with E-state index in [-0.39, 0.29) is 16.6 Å². The van der Waals surface area contributed by atoms with E-state index in [4.69, 9.17) is 0 Å². The molecule has 0 aliphatic heterocycles. The van der Waals surface area contributed by atoms with Crippen molar-refractivity contribution in [3.8, 4) is 0 Å². The highest BCUT2D eigenvalue weighted by molar-refractivity contribution is 9.10. The zero-order valence-electron chi connectivity index (χ0n) is 10.4. The number of halogens is 6. The number of anilines is 1. The van der Waals surface area contributed by atoms with E-state index in [1.165, 1.54) is 12.1 Å². The van der Waals surface area contributed by atoms with Gasteiger partial charge in [-0.3, -0.25) is 0 Å². The largest absolute Gasteiger partial charge is 0.416 e. The van der Waals surface area contributed by atoms with Gasteiger partial charge in [0.2, 0.25) is 0 Å². The quantitative estimate of drug-likeness (QED) is 0.722. The van der Waals surface area contributed by atoms with Crippen molar-refractivity contribution < 1.29 is 22.0 Å². The third-order valence-electron chi connectivity index (χ3n) is 2.78. The Morgan fingerprint density at radius 1 is 1.00 bits per heavy atom. The van der Waals surface area contributed by atoms with Gasteiger partial charge in [-0.1, -0.05) is 6.07 Å². The predicted molar refractivity (Wildman–Crippen MR) is 72.8 cm³/mol. The molecule has 0 aliphatic carbocycles. The number of benzene rings is 2. The molecule has 0 radical (unpaired) electrons. The van der Waals surface area contributed by atoms with Crippen LogP contribution < -0.4 is 5.32 Å². The fourth-order valence-electron chi connectivity index (χ4n) is 1.69. The summed E-state index contributed by atoms with van der Waals surface area (Å²) < 4.78 is 63.9. The molecule has 0 unspecified atom stereocenters. The molecule has 0 atom stereocenters. The summed E-state index contributed by atoms with van der Waals surface area (Å²) in [6, 6.07) is 6.24. The number of hydrogen-bond acceptors (Lipinski definition) is 1. The fraction of sp³-hybridized carbons (Fsp3) is 0.143. The SMILES string of the molecule is Fc1ccc(CNc2ccc(C(F)(F)F)cc2Br)c(F)c1. The van der Waals surface area contributed by atoms with Gasteiger partial charge in [0, 0.05) is 28.3 Å². The molecule has 0 heterocycles. The van der Waals surface area contributed by atoms with Gasteiger partial charge in [-0.25, -0.2) is 8.78 Å². The lowest BCUT2D eigenvalue weighted by atomic mass is 10.1. The third kappa shape index (κ3) is 3.93. The van der Waals surface area contributed by atoms with Crippen LogP contribution in [-0.4, -0.2) is 0 Å². The molecule has 0 fully saturated rings. The highest BCUT2D eigenvalue weighted by Gasteiger charge is 2.30. The molecule has 2 aromatic rings. The zero-order valence-corrected chi connectivity index (χ0v) is 12.0. The first kappa shape index (κ1) is 15.8. The Labute approximate surface area is 125 Å². The summed E-state index contributed by atoms with van der Waals surface area (Å²) in [5.41, 5.74) is -0.192. The second-order valence-corrected chi connectivity index (χ2v) is 5.14. The second kappa shape index (κ2) is 6.01. The van der Waals surface area contributed by atoms with Crippen molar-refractivity contribution in [2.45, 2.75) is 12.7 Å². The van der Waals surface area contributed by atoms with E-state index in [1.54, 1.807) is 0 Å². The van der Waals surface area contributed by atoms with Gasteiger partial charge in [-0.2, -0.15) is 13.2 Å². The van der Waals surface area contributed by atoms with E-state index in [1.807, 2.05) is 0 Å². The van der Waals surface area contributed by atoms with Crippen molar-refractivity contribution >= 4 is 21.6 Å². The average molecular weight is 366 g/mol. The minimum atomic E-state index is -4.43. The van der Waals surface area contributed by atoms with E-state index in [0.29, 0.717) is 5.69 Å². The Kier molecular flexibility index (Phi) is 4.51. The highest BCUT2D eigenvalue weighted by Crippen LogP contribution is 2.34. The van der Waals surface area contributed by atoms with E-state index in [0.717, 1.165) is 24.3 Å². The minimum Gasteiger partial charge on any atom is -0.380 e. The van der Waals surface area contributed by atoms with Gasteiger partial charge in [0.1, 0.15) is 11.6 Å². The van der Waals surface area contributed by atoms with Gasteiger partial charge in [0.25, 0.3) is 0 Å². The number of alkyl halides is 3. The molecular weight excluding hydrogens is 357 g/mol. The van der Waals surface area contributed by atoms with Gasteiger partial charge in [-0.05, 0) is 40.2 Å². The molecule has 0 aromatic heterocycles. The molecule has 0 saturated heterocycles. The van der Waals surface area contributed by atoms with Gasteiger partial charge >= 0.3 is 6.18 Å². The predicted octanol–water partition coefficient (Wildman–Crippen LogP) is 5.36. The Morgan fingerprint density at radius 3 is 2.29 bits per heavy atom. The Hall–Kier alpha value is -1.63. The smallest absolute Gasteiger partial charge is 0.380 e. The van der Waals surface area contributed by atoms with Crippen molar-refractivity contribution in [1.82, 2.24) is 0 Å². The molecule has 21 heavy (non-hydrogen) atoms. The molecule has 2 rings (SSSR count). The molecule has 7 heteroatoms. The highest BCUT2D eigenvalue weighted by atomic mass is 79.9. The van der Waals surface area contributed by atoms with Crippen LogP contribution in [0.5, 0.6) is 0 Å². The van der Waals surface area contributed by atoms with Crippen LogP contribution in [0.1, 0.15) is 11.1 Å². The minimum absolute atomic E-state index is 0.0239. The van der Waals surface area contributed by atoms with Crippen molar-refractivity contribution in [1.29, 1.82) is 0 Å². The molecule has 0 saturated carbocycles. The molecule has 112 valence electrons. The van der Waals surface area contributed by atoms with E-state index in [2.05, 4.69) is 21.2 Å². The molecule has 1 nitrogen and oxygen atoms in total. The van der Waals surface area contributed by atoms with Crippen molar-refractivity contribution in [2.24, 2.45) is 0 Å². The second-order valence-electron chi connectivity index (χ2n) is 4.28. The third-order valence-corrected chi connectivity index (χ3v) is 3.44. The first-order valence-electron chi connectivity index (χ1n) is 5.82. The van der Waals surface area contributed by atoms with Crippen LogP contribution in [0.25, 0.3) is 0 Å². The molecule has 0 bridgehead atoms. The van der Waals surface area contributed by atoms with Gasteiger partial charge in [0.05, 0.1) is 5.56 Å². The van der Waals surface area contributed by atoms with Crippen LogP contribution in [0.2, 0.25) is 0 Å². The van der Waals surface area contributed by atoms with Gasteiger partial charge < -0.3 is 5.32 Å². The van der Waals surface area contributed by atoms with E-state index in [9.17, 15) is 22.0 Å². The Balaban J connectivity index is 2.13. The molecule has 0 aliphatic rings. The van der Waals surface area contributed by atoms with Crippen LogP contribution in [0.3, 0.4) is 0 Å². The molecule has 0 spiro atoms. The summed E-state index contributed by atoms with van der Waals surface area (Å²) in [6.07, 6.45) is -4.43. The number of rotatable bonds is 3. The van der Waals surface area contributed by atoms with Crippen LogP contribution >= 0.6 is 15.9 Å². The Morgan fingerprint density at radius 2 is 1.71 bits per heavy atom. The standard InChI is InChI=1S/C14H9BrF5N/c15-11-5-9(14(18,19)20)2-4-13(11)21-7-8-1-3-10(16)6-12(8)17/h1-6,21H,7H2.